The molecule has 0 heterocycles. The Morgan fingerprint density at radius 1 is 1.30 bits per heavy atom. The molecule has 0 aliphatic carbocycles. The summed E-state index contributed by atoms with van der Waals surface area (Å²) in [6.07, 6.45) is 2.11. The molecule has 0 spiro atoms. The number of rotatable bonds is 6. The van der Waals surface area contributed by atoms with Crippen molar-refractivity contribution in [1.29, 1.82) is 0 Å². The summed E-state index contributed by atoms with van der Waals surface area (Å²) < 4.78 is 26.5. The maximum Gasteiger partial charge on any atom is 0.243 e. The largest absolute Gasteiger partial charge is 0.243 e. The second-order valence-electron chi connectivity index (χ2n) is 4.26. The van der Waals surface area contributed by atoms with Gasteiger partial charge in [-0.1, -0.05) is 24.3 Å². The monoisotopic (exact) mass is 289 g/mol. The Bertz CT molecular complexity index is 642. The van der Waals surface area contributed by atoms with Gasteiger partial charge in [0.2, 0.25) is 10.0 Å². The molecule has 0 amide bonds. The first-order chi connectivity index (χ1) is 9.52. The van der Waals surface area contributed by atoms with Crippen LogP contribution in [-0.2, 0) is 10.0 Å². The summed E-state index contributed by atoms with van der Waals surface area (Å²) in [5.41, 5.74) is 3.63. The minimum atomic E-state index is -3.50. The van der Waals surface area contributed by atoms with Gasteiger partial charge in [0.05, 0.1) is 4.90 Å². The van der Waals surface area contributed by atoms with E-state index in [1.165, 1.54) is 4.31 Å². The smallest absolute Gasteiger partial charge is 0.207 e. The highest BCUT2D eigenvalue weighted by Gasteiger charge is 2.22. The highest BCUT2D eigenvalue weighted by atomic mass is 32.2. The van der Waals surface area contributed by atoms with Crippen molar-refractivity contribution in [3.63, 3.8) is 0 Å². The van der Waals surface area contributed by atoms with Gasteiger partial charge in [-0.3, -0.25) is 0 Å². The van der Waals surface area contributed by atoms with Crippen molar-refractivity contribution in [2.45, 2.75) is 25.2 Å². The molecule has 1 aromatic carbocycles. The minimum Gasteiger partial charge on any atom is -0.207 e. The van der Waals surface area contributed by atoms with E-state index in [9.17, 15) is 8.42 Å². The predicted molar refractivity (Wildman–Crippen MR) is 81.7 cm³/mol. The van der Waals surface area contributed by atoms with Gasteiger partial charge in [0.25, 0.3) is 0 Å². The van der Waals surface area contributed by atoms with Crippen molar-refractivity contribution in [2.75, 3.05) is 13.1 Å². The van der Waals surface area contributed by atoms with E-state index in [1.807, 2.05) is 6.92 Å². The Hall–Kier alpha value is -1.79. The number of hydrogen-bond acceptors (Lipinski definition) is 2. The third-order valence-electron chi connectivity index (χ3n) is 2.76. The van der Waals surface area contributed by atoms with Crippen LogP contribution in [0.15, 0.2) is 47.5 Å². The standard InChI is InChI=1S/C16H19NO2S/c1-4-6-8-14-17(13-7-5-2)20(18,19)16-11-9-15(3)10-12-16/h7,9-12H,2,8,13-14H2,1,3H3. The molecule has 0 aliphatic rings. The van der Waals surface area contributed by atoms with E-state index >= 15 is 0 Å². The Morgan fingerprint density at radius 3 is 2.50 bits per heavy atom. The van der Waals surface area contributed by atoms with E-state index in [2.05, 4.69) is 24.2 Å². The molecule has 1 rings (SSSR count). The van der Waals surface area contributed by atoms with Crippen LogP contribution in [0.1, 0.15) is 18.9 Å². The summed E-state index contributed by atoms with van der Waals surface area (Å²) in [4.78, 5) is 0.296. The fraction of sp³-hybridized carbons (Fsp3) is 0.312. The average molecular weight is 289 g/mol. The molecule has 0 saturated carbocycles. The molecule has 3 nitrogen and oxygen atoms in total. The van der Waals surface area contributed by atoms with Gasteiger partial charge < -0.3 is 0 Å². The summed E-state index contributed by atoms with van der Waals surface area (Å²) in [7, 11) is -3.50. The van der Waals surface area contributed by atoms with Gasteiger partial charge in [-0.05, 0) is 32.1 Å². The number of aryl methyl sites for hydroxylation is 1. The van der Waals surface area contributed by atoms with Crippen molar-refractivity contribution >= 4 is 10.0 Å². The lowest BCUT2D eigenvalue weighted by Crippen LogP contribution is -2.32. The molecule has 0 fully saturated rings. The third-order valence-corrected chi connectivity index (χ3v) is 4.64. The maximum atomic E-state index is 12.6. The molecule has 20 heavy (non-hydrogen) atoms. The SMILES string of the molecule is C=C=CCN(CCC#CC)S(=O)(=O)c1ccc(C)cc1. The Morgan fingerprint density at radius 2 is 1.95 bits per heavy atom. The van der Waals surface area contributed by atoms with Gasteiger partial charge in [0.15, 0.2) is 0 Å². The highest BCUT2D eigenvalue weighted by molar-refractivity contribution is 7.89. The number of nitrogens with zero attached hydrogens (tertiary/aromatic N) is 1. The number of sulfonamides is 1. The van der Waals surface area contributed by atoms with Crippen molar-refractivity contribution in [1.82, 2.24) is 4.31 Å². The predicted octanol–water partition coefficient (Wildman–Crippen LogP) is 2.74. The summed E-state index contributed by atoms with van der Waals surface area (Å²) in [6, 6.07) is 6.84. The molecule has 4 heteroatoms. The fourth-order valence-corrected chi connectivity index (χ4v) is 3.02. The fourth-order valence-electron chi connectivity index (χ4n) is 1.64. The lowest BCUT2D eigenvalue weighted by atomic mass is 10.2. The number of benzene rings is 1. The molecule has 0 radical (unpaired) electrons. The molecule has 0 N–H and O–H groups in total. The van der Waals surface area contributed by atoms with E-state index in [0.29, 0.717) is 17.9 Å². The molecule has 1 aromatic rings. The van der Waals surface area contributed by atoms with Crippen molar-refractivity contribution in [3.8, 4) is 11.8 Å². The number of hydrogen-bond donors (Lipinski definition) is 0. The molecular weight excluding hydrogens is 270 g/mol. The zero-order valence-electron chi connectivity index (χ0n) is 11.9. The molecule has 106 valence electrons. The van der Waals surface area contributed by atoms with Crippen LogP contribution in [0, 0.1) is 18.8 Å². The highest BCUT2D eigenvalue weighted by Crippen LogP contribution is 2.16. The first-order valence-electron chi connectivity index (χ1n) is 6.33. The summed E-state index contributed by atoms with van der Waals surface area (Å²) in [5.74, 6) is 5.65. The van der Waals surface area contributed by atoms with Gasteiger partial charge >= 0.3 is 0 Å². The zero-order chi connectivity index (χ0) is 15.0. The molecule has 0 aromatic heterocycles. The van der Waals surface area contributed by atoms with Crippen LogP contribution >= 0.6 is 0 Å². The second-order valence-corrected chi connectivity index (χ2v) is 6.20. The normalized spacial score (nSPS) is 10.6. The molecule has 0 bridgehead atoms. The van der Waals surface area contributed by atoms with Crippen molar-refractivity contribution in [3.05, 3.63) is 48.2 Å². The molecule has 0 atom stereocenters. The van der Waals surface area contributed by atoms with Gasteiger partial charge in [0.1, 0.15) is 0 Å². The Kier molecular flexibility index (Phi) is 6.27. The minimum absolute atomic E-state index is 0.255. The molecule has 0 unspecified atom stereocenters. The van der Waals surface area contributed by atoms with Gasteiger partial charge in [-0.25, -0.2) is 8.42 Å². The van der Waals surface area contributed by atoms with Crippen LogP contribution in [0.2, 0.25) is 0 Å². The van der Waals surface area contributed by atoms with Crippen LogP contribution in [0.25, 0.3) is 0 Å². The first-order valence-corrected chi connectivity index (χ1v) is 7.77. The maximum absolute atomic E-state index is 12.6. The topological polar surface area (TPSA) is 37.4 Å². The lowest BCUT2D eigenvalue weighted by Gasteiger charge is -2.19. The molecular formula is C16H19NO2S. The van der Waals surface area contributed by atoms with Gasteiger partial charge in [-0.15, -0.1) is 17.6 Å². The van der Waals surface area contributed by atoms with E-state index in [-0.39, 0.29) is 6.54 Å². The Labute approximate surface area is 121 Å². The van der Waals surface area contributed by atoms with E-state index in [4.69, 9.17) is 0 Å². The average Bonchev–Trinajstić information content (AvgIpc) is 2.43. The van der Waals surface area contributed by atoms with E-state index < -0.39 is 10.0 Å². The van der Waals surface area contributed by atoms with Crippen molar-refractivity contribution in [2.24, 2.45) is 0 Å². The Balaban J connectivity index is 3.04. The third kappa shape index (κ3) is 4.40. The summed E-state index contributed by atoms with van der Waals surface area (Å²) in [6.45, 7) is 7.74. The van der Waals surface area contributed by atoms with Crippen LogP contribution < -0.4 is 0 Å². The molecule has 0 saturated heterocycles. The van der Waals surface area contributed by atoms with E-state index in [0.717, 1.165) is 5.56 Å². The lowest BCUT2D eigenvalue weighted by molar-refractivity contribution is 0.450. The van der Waals surface area contributed by atoms with Crippen LogP contribution in [-0.4, -0.2) is 25.8 Å². The van der Waals surface area contributed by atoms with Crippen LogP contribution in [0.3, 0.4) is 0 Å². The second kappa shape index (κ2) is 7.72. The van der Waals surface area contributed by atoms with Crippen LogP contribution in [0.4, 0.5) is 0 Å². The van der Waals surface area contributed by atoms with Gasteiger partial charge in [-0.2, -0.15) is 4.31 Å². The van der Waals surface area contributed by atoms with E-state index in [1.54, 1.807) is 37.3 Å². The van der Waals surface area contributed by atoms with Crippen molar-refractivity contribution < 1.29 is 8.42 Å². The first kappa shape index (κ1) is 16.3. The van der Waals surface area contributed by atoms with Gasteiger partial charge in [0, 0.05) is 19.5 Å². The molecule has 0 aliphatic heterocycles. The summed E-state index contributed by atoms with van der Waals surface area (Å²) in [5, 5.41) is 0. The quantitative estimate of drug-likeness (QED) is 0.596. The zero-order valence-corrected chi connectivity index (χ0v) is 12.7. The van der Waals surface area contributed by atoms with Crippen LogP contribution in [0.5, 0.6) is 0 Å². The summed E-state index contributed by atoms with van der Waals surface area (Å²) >= 11 is 0.